The molecule has 2 rings (SSSR count). The summed E-state index contributed by atoms with van der Waals surface area (Å²) in [6.45, 7) is 1.95. The van der Waals surface area contributed by atoms with E-state index in [4.69, 9.17) is 0 Å². The van der Waals surface area contributed by atoms with E-state index in [1.807, 2.05) is 31.2 Å². The second-order valence-corrected chi connectivity index (χ2v) is 4.93. The van der Waals surface area contributed by atoms with E-state index in [0.29, 0.717) is 6.42 Å². The van der Waals surface area contributed by atoms with Gasteiger partial charge in [0, 0.05) is 18.4 Å². The molecule has 0 aliphatic rings. The van der Waals surface area contributed by atoms with Crippen LogP contribution in [0.15, 0.2) is 42.7 Å². The van der Waals surface area contributed by atoms with Crippen LogP contribution < -0.4 is 5.32 Å². The second kappa shape index (κ2) is 6.26. The van der Waals surface area contributed by atoms with Crippen LogP contribution in [0.2, 0.25) is 0 Å². The number of benzene rings is 1. The van der Waals surface area contributed by atoms with E-state index >= 15 is 0 Å². The molecule has 5 heteroatoms. The van der Waals surface area contributed by atoms with Crippen molar-refractivity contribution in [3.63, 3.8) is 0 Å². The predicted molar refractivity (Wildman–Crippen MR) is 75.9 cm³/mol. The fourth-order valence-corrected chi connectivity index (χ4v) is 2.37. The summed E-state index contributed by atoms with van der Waals surface area (Å²) in [6.07, 6.45) is -1.42. The Bertz CT molecular complexity index is 608. The Morgan fingerprint density at radius 1 is 1.19 bits per heavy atom. The molecule has 1 N–H and O–H groups in total. The van der Waals surface area contributed by atoms with Gasteiger partial charge < -0.3 is 5.32 Å². The molecule has 0 saturated heterocycles. The van der Waals surface area contributed by atoms with Gasteiger partial charge in [-0.1, -0.05) is 24.3 Å². The van der Waals surface area contributed by atoms with Gasteiger partial charge in [-0.3, -0.25) is 4.98 Å². The van der Waals surface area contributed by atoms with E-state index in [1.54, 1.807) is 7.05 Å². The molecule has 0 bridgehead atoms. The van der Waals surface area contributed by atoms with Gasteiger partial charge >= 0.3 is 6.18 Å². The van der Waals surface area contributed by atoms with Crippen molar-refractivity contribution in [2.45, 2.75) is 25.6 Å². The highest BCUT2D eigenvalue weighted by Crippen LogP contribution is 2.35. The molecule has 0 aliphatic heterocycles. The van der Waals surface area contributed by atoms with Gasteiger partial charge in [0.05, 0.1) is 5.56 Å². The summed E-state index contributed by atoms with van der Waals surface area (Å²) in [7, 11) is 1.66. The van der Waals surface area contributed by atoms with Crippen molar-refractivity contribution in [1.29, 1.82) is 0 Å². The molecule has 21 heavy (non-hydrogen) atoms. The Morgan fingerprint density at radius 2 is 1.90 bits per heavy atom. The second-order valence-electron chi connectivity index (χ2n) is 4.93. The van der Waals surface area contributed by atoms with Crippen LogP contribution in [0.25, 0.3) is 0 Å². The first-order chi connectivity index (χ1) is 9.93. The summed E-state index contributed by atoms with van der Waals surface area (Å²) < 4.78 is 39.3. The molecular formula is C16H17F3N2. The number of pyridine rings is 1. The third-order valence-electron chi connectivity index (χ3n) is 3.57. The number of aromatic nitrogens is 1. The highest BCUT2D eigenvalue weighted by atomic mass is 19.4. The maximum Gasteiger partial charge on any atom is 0.416 e. The van der Waals surface area contributed by atoms with Crippen LogP contribution in [0, 0.1) is 6.92 Å². The standard InChI is InChI=1S/C16H17F3N2/c1-11-5-3-4-6-12(11)9-15(20-2)13-10-21-8-7-14(13)16(17,18)19/h3-8,10,15,20H,9H2,1-2H3. The molecule has 1 heterocycles. The van der Waals surface area contributed by atoms with Gasteiger partial charge in [-0.05, 0) is 43.1 Å². The number of halogens is 3. The Hall–Kier alpha value is -1.88. The molecule has 1 aromatic carbocycles. The lowest BCUT2D eigenvalue weighted by molar-refractivity contribution is -0.138. The monoisotopic (exact) mass is 294 g/mol. The molecule has 0 amide bonds. The normalized spacial score (nSPS) is 13.2. The fourth-order valence-electron chi connectivity index (χ4n) is 2.37. The third kappa shape index (κ3) is 3.61. The largest absolute Gasteiger partial charge is 0.416 e. The highest BCUT2D eigenvalue weighted by molar-refractivity contribution is 5.33. The van der Waals surface area contributed by atoms with Gasteiger partial charge in [-0.15, -0.1) is 0 Å². The maximum atomic E-state index is 13.1. The minimum absolute atomic E-state index is 0.177. The quantitative estimate of drug-likeness (QED) is 0.924. The third-order valence-corrected chi connectivity index (χ3v) is 3.57. The van der Waals surface area contributed by atoms with E-state index < -0.39 is 17.8 Å². The fraction of sp³-hybridized carbons (Fsp3) is 0.312. The number of nitrogens with zero attached hydrogens (tertiary/aromatic N) is 1. The van der Waals surface area contributed by atoms with Crippen molar-refractivity contribution in [3.8, 4) is 0 Å². The molecule has 1 unspecified atom stereocenters. The average Bonchev–Trinajstić information content (AvgIpc) is 2.45. The molecular weight excluding hydrogens is 277 g/mol. The Morgan fingerprint density at radius 3 is 2.52 bits per heavy atom. The van der Waals surface area contributed by atoms with Gasteiger partial charge in [0.15, 0.2) is 0 Å². The molecule has 2 nitrogen and oxygen atoms in total. The number of rotatable bonds is 4. The number of nitrogens with one attached hydrogen (secondary N) is 1. The Balaban J connectivity index is 2.37. The lowest BCUT2D eigenvalue weighted by Gasteiger charge is -2.21. The summed E-state index contributed by atoms with van der Waals surface area (Å²) in [6, 6.07) is 8.29. The van der Waals surface area contributed by atoms with Crippen molar-refractivity contribution in [1.82, 2.24) is 10.3 Å². The zero-order chi connectivity index (χ0) is 15.5. The van der Waals surface area contributed by atoms with Gasteiger partial charge in [-0.2, -0.15) is 13.2 Å². The molecule has 0 aliphatic carbocycles. The van der Waals surface area contributed by atoms with Crippen LogP contribution >= 0.6 is 0 Å². The molecule has 0 saturated carbocycles. The number of aryl methyl sites for hydroxylation is 1. The van der Waals surface area contributed by atoms with Crippen LogP contribution in [0.1, 0.15) is 28.3 Å². The summed E-state index contributed by atoms with van der Waals surface area (Å²) in [5.41, 5.74) is 1.63. The van der Waals surface area contributed by atoms with Gasteiger partial charge in [0.1, 0.15) is 0 Å². The van der Waals surface area contributed by atoms with Crippen molar-refractivity contribution < 1.29 is 13.2 Å². The average molecular weight is 294 g/mol. The SMILES string of the molecule is CNC(Cc1ccccc1C)c1cnccc1C(F)(F)F. The smallest absolute Gasteiger partial charge is 0.313 e. The summed E-state index contributed by atoms with van der Waals surface area (Å²) in [5, 5.41) is 2.97. The maximum absolute atomic E-state index is 13.1. The first-order valence-electron chi connectivity index (χ1n) is 6.66. The van der Waals surface area contributed by atoms with E-state index in [0.717, 1.165) is 17.2 Å². The van der Waals surface area contributed by atoms with Gasteiger partial charge in [0.2, 0.25) is 0 Å². The van der Waals surface area contributed by atoms with Crippen LogP contribution in [-0.2, 0) is 12.6 Å². The minimum Gasteiger partial charge on any atom is -0.313 e. The van der Waals surface area contributed by atoms with Crippen molar-refractivity contribution in [2.75, 3.05) is 7.05 Å². The predicted octanol–water partition coefficient (Wildman–Crippen LogP) is 3.91. The first kappa shape index (κ1) is 15.5. The molecule has 1 aromatic heterocycles. The van der Waals surface area contributed by atoms with Crippen molar-refractivity contribution in [3.05, 3.63) is 65.0 Å². The van der Waals surface area contributed by atoms with Crippen LogP contribution in [0.5, 0.6) is 0 Å². The molecule has 2 aromatic rings. The number of likely N-dealkylation sites (N-methyl/N-ethyl adjacent to an activating group) is 1. The van der Waals surface area contributed by atoms with Crippen molar-refractivity contribution >= 4 is 0 Å². The summed E-state index contributed by atoms with van der Waals surface area (Å²) in [4.78, 5) is 3.85. The van der Waals surface area contributed by atoms with E-state index in [9.17, 15) is 13.2 Å². The van der Waals surface area contributed by atoms with Gasteiger partial charge in [-0.25, -0.2) is 0 Å². The number of hydrogen-bond donors (Lipinski definition) is 1. The molecule has 1 atom stereocenters. The highest BCUT2D eigenvalue weighted by Gasteiger charge is 2.35. The Kier molecular flexibility index (Phi) is 4.63. The van der Waals surface area contributed by atoms with Crippen LogP contribution in [0.4, 0.5) is 13.2 Å². The minimum atomic E-state index is -4.38. The molecule has 112 valence electrons. The topological polar surface area (TPSA) is 24.9 Å². The first-order valence-corrected chi connectivity index (χ1v) is 6.66. The summed E-state index contributed by atoms with van der Waals surface area (Å²) >= 11 is 0. The van der Waals surface area contributed by atoms with Crippen molar-refractivity contribution in [2.24, 2.45) is 0 Å². The van der Waals surface area contributed by atoms with Crippen LogP contribution in [-0.4, -0.2) is 12.0 Å². The molecule has 0 spiro atoms. The van der Waals surface area contributed by atoms with E-state index in [1.165, 1.54) is 12.4 Å². The molecule has 0 radical (unpaired) electrons. The summed E-state index contributed by atoms with van der Waals surface area (Å²) in [5.74, 6) is 0. The number of alkyl halides is 3. The van der Waals surface area contributed by atoms with Crippen LogP contribution in [0.3, 0.4) is 0 Å². The lowest BCUT2D eigenvalue weighted by Crippen LogP contribution is -2.23. The van der Waals surface area contributed by atoms with E-state index in [-0.39, 0.29) is 5.56 Å². The van der Waals surface area contributed by atoms with E-state index in [2.05, 4.69) is 10.3 Å². The zero-order valence-electron chi connectivity index (χ0n) is 11.9. The van der Waals surface area contributed by atoms with Gasteiger partial charge in [0.25, 0.3) is 0 Å². The molecule has 0 fully saturated rings. The lowest BCUT2D eigenvalue weighted by atomic mass is 9.94. The zero-order valence-corrected chi connectivity index (χ0v) is 11.9. The Labute approximate surface area is 122 Å². The number of hydrogen-bond acceptors (Lipinski definition) is 2.